The number of thiophene rings is 1. The quantitative estimate of drug-likeness (QED) is 0.690. The first-order valence-corrected chi connectivity index (χ1v) is 6.16. The SMILES string of the molecule is FC1CCC1N1CCc2sccc2C1. The molecule has 0 spiro atoms. The van der Waals surface area contributed by atoms with Gasteiger partial charge < -0.3 is 0 Å². The Morgan fingerprint density at radius 1 is 1.43 bits per heavy atom. The van der Waals surface area contributed by atoms with Gasteiger partial charge in [0.2, 0.25) is 0 Å². The van der Waals surface area contributed by atoms with Crippen LogP contribution < -0.4 is 0 Å². The van der Waals surface area contributed by atoms with Gasteiger partial charge in [0.05, 0.1) is 0 Å². The van der Waals surface area contributed by atoms with E-state index in [0.717, 1.165) is 32.4 Å². The Morgan fingerprint density at radius 3 is 3.07 bits per heavy atom. The monoisotopic (exact) mass is 211 g/mol. The number of fused-ring (bicyclic) bond motifs is 1. The van der Waals surface area contributed by atoms with Gasteiger partial charge in [-0.05, 0) is 36.3 Å². The summed E-state index contributed by atoms with van der Waals surface area (Å²) < 4.78 is 13.2. The topological polar surface area (TPSA) is 3.24 Å². The van der Waals surface area contributed by atoms with Gasteiger partial charge in [0, 0.05) is 24.0 Å². The lowest BCUT2D eigenvalue weighted by atomic mass is 9.88. The van der Waals surface area contributed by atoms with Crippen molar-refractivity contribution in [1.82, 2.24) is 4.90 Å². The van der Waals surface area contributed by atoms with Gasteiger partial charge in [-0.2, -0.15) is 0 Å². The lowest BCUT2D eigenvalue weighted by Crippen LogP contribution is -2.50. The van der Waals surface area contributed by atoms with E-state index < -0.39 is 6.17 Å². The van der Waals surface area contributed by atoms with Crippen LogP contribution in [-0.2, 0) is 13.0 Å². The van der Waals surface area contributed by atoms with E-state index in [1.807, 2.05) is 11.3 Å². The van der Waals surface area contributed by atoms with Gasteiger partial charge in [0.15, 0.2) is 0 Å². The van der Waals surface area contributed by atoms with Crippen molar-refractivity contribution in [3.63, 3.8) is 0 Å². The normalized spacial score (nSPS) is 32.4. The fraction of sp³-hybridized carbons (Fsp3) is 0.636. The van der Waals surface area contributed by atoms with E-state index in [0.29, 0.717) is 0 Å². The molecule has 1 saturated carbocycles. The molecule has 1 aliphatic heterocycles. The van der Waals surface area contributed by atoms with Crippen molar-refractivity contribution in [2.24, 2.45) is 0 Å². The maximum atomic E-state index is 13.2. The van der Waals surface area contributed by atoms with Gasteiger partial charge in [0.25, 0.3) is 0 Å². The van der Waals surface area contributed by atoms with Crippen LogP contribution in [0, 0.1) is 0 Å². The highest BCUT2D eigenvalue weighted by Crippen LogP contribution is 2.33. The molecule has 76 valence electrons. The number of rotatable bonds is 1. The first-order chi connectivity index (χ1) is 6.84. The number of nitrogens with zero attached hydrogens (tertiary/aromatic N) is 1. The van der Waals surface area contributed by atoms with E-state index in [-0.39, 0.29) is 6.04 Å². The van der Waals surface area contributed by atoms with Gasteiger partial charge in [-0.3, -0.25) is 4.90 Å². The Kier molecular flexibility index (Phi) is 2.10. The predicted molar refractivity (Wildman–Crippen MR) is 56.4 cm³/mol. The molecular formula is C11H14FNS. The second-order valence-electron chi connectivity index (χ2n) is 4.25. The van der Waals surface area contributed by atoms with Crippen molar-refractivity contribution in [3.05, 3.63) is 21.9 Å². The summed E-state index contributed by atoms with van der Waals surface area (Å²) in [4.78, 5) is 3.83. The van der Waals surface area contributed by atoms with E-state index in [9.17, 15) is 4.39 Å². The molecular weight excluding hydrogens is 197 g/mol. The molecule has 1 aromatic rings. The summed E-state index contributed by atoms with van der Waals surface area (Å²) in [6.45, 7) is 2.03. The highest BCUT2D eigenvalue weighted by Gasteiger charge is 2.36. The van der Waals surface area contributed by atoms with Crippen LogP contribution in [0.3, 0.4) is 0 Å². The second kappa shape index (κ2) is 3.31. The highest BCUT2D eigenvalue weighted by atomic mass is 32.1. The molecule has 0 radical (unpaired) electrons. The third-order valence-corrected chi connectivity index (χ3v) is 4.48. The summed E-state index contributed by atoms with van der Waals surface area (Å²) in [6, 6.07) is 2.42. The fourth-order valence-electron chi connectivity index (χ4n) is 2.41. The first-order valence-electron chi connectivity index (χ1n) is 5.28. The molecule has 1 aliphatic carbocycles. The van der Waals surface area contributed by atoms with Crippen LogP contribution >= 0.6 is 11.3 Å². The largest absolute Gasteiger partial charge is 0.293 e. The summed E-state index contributed by atoms with van der Waals surface area (Å²) >= 11 is 1.85. The van der Waals surface area contributed by atoms with Crippen molar-refractivity contribution in [2.75, 3.05) is 6.54 Å². The van der Waals surface area contributed by atoms with Crippen LogP contribution in [-0.4, -0.2) is 23.7 Å². The Morgan fingerprint density at radius 2 is 2.36 bits per heavy atom. The van der Waals surface area contributed by atoms with E-state index in [1.165, 1.54) is 10.4 Å². The van der Waals surface area contributed by atoms with E-state index >= 15 is 0 Å². The number of hydrogen-bond acceptors (Lipinski definition) is 2. The Labute approximate surface area is 87.5 Å². The van der Waals surface area contributed by atoms with E-state index in [4.69, 9.17) is 0 Å². The minimum atomic E-state index is -0.560. The zero-order valence-electron chi connectivity index (χ0n) is 8.08. The van der Waals surface area contributed by atoms with Gasteiger partial charge in [-0.1, -0.05) is 0 Å². The third kappa shape index (κ3) is 1.30. The molecule has 2 atom stereocenters. The molecule has 0 saturated heterocycles. The Hall–Kier alpha value is -0.410. The summed E-state index contributed by atoms with van der Waals surface area (Å²) in [7, 11) is 0. The maximum absolute atomic E-state index is 13.2. The molecule has 2 unspecified atom stereocenters. The predicted octanol–water partition coefficient (Wildman–Crippen LogP) is 2.61. The molecule has 2 aliphatic rings. The van der Waals surface area contributed by atoms with Crippen molar-refractivity contribution < 1.29 is 4.39 Å². The van der Waals surface area contributed by atoms with Crippen molar-refractivity contribution in [2.45, 2.75) is 38.0 Å². The molecule has 0 amide bonds. The molecule has 3 heteroatoms. The molecule has 3 rings (SSSR count). The standard InChI is InChI=1S/C11H14FNS/c12-9-1-2-10(9)13-5-3-11-8(7-13)4-6-14-11/h4,6,9-10H,1-3,5,7H2. The van der Waals surface area contributed by atoms with Gasteiger partial charge >= 0.3 is 0 Å². The van der Waals surface area contributed by atoms with Gasteiger partial charge in [0.1, 0.15) is 6.17 Å². The van der Waals surface area contributed by atoms with E-state index in [1.54, 1.807) is 0 Å². The number of halogens is 1. The Balaban J connectivity index is 1.75. The summed E-state index contributed by atoms with van der Waals surface area (Å²) in [6.07, 6.45) is 2.39. The zero-order valence-corrected chi connectivity index (χ0v) is 8.89. The van der Waals surface area contributed by atoms with Crippen LogP contribution in [0.15, 0.2) is 11.4 Å². The van der Waals surface area contributed by atoms with Crippen LogP contribution in [0.4, 0.5) is 4.39 Å². The van der Waals surface area contributed by atoms with Crippen molar-refractivity contribution in [1.29, 1.82) is 0 Å². The van der Waals surface area contributed by atoms with Crippen molar-refractivity contribution in [3.8, 4) is 0 Å². The molecule has 1 aromatic heterocycles. The minimum absolute atomic E-state index is 0.225. The van der Waals surface area contributed by atoms with Crippen LogP contribution in [0.5, 0.6) is 0 Å². The molecule has 0 aromatic carbocycles. The lowest BCUT2D eigenvalue weighted by molar-refractivity contribution is 0.0265. The van der Waals surface area contributed by atoms with Gasteiger partial charge in [-0.15, -0.1) is 11.3 Å². The molecule has 0 bridgehead atoms. The third-order valence-electron chi connectivity index (χ3n) is 3.46. The van der Waals surface area contributed by atoms with Gasteiger partial charge in [-0.25, -0.2) is 4.39 Å². The summed E-state index contributed by atoms with van der Waals surface area (Å²) in [5.41, 5.74) is 1.43. The zero-order chi connectivity index (χ0) is 9.54. The lowest BCUT2D eigenvalue weighted by Gasteiger charge is -2.42. The van der Waals surface area contributed by atoms with Crippen LogP contribution in [0.1, 0.15) is 23.3 Å². The maximum Gasteiger partial charge on any atom is 0.116 e. The number of hydrogen-bond donors (Lipinski definition) is 0. The Bertz CT molecular complexity index is 336. The summed E-state index contributed by atoms with van der Waals surface area (Å²) in [5, 5.41) is 2.15. The fourth-order valence-corrected chi connectivity index (χ4v) is 3.30. The average Bonchev–Trinajstić information content (AvgIpc) is 2.62. The first kappa shape index (κ1) is 8.86. The molecule has 14 heavy (non-hydrogen) atoms. The second-order valence-corrected chi connectivity index (χ2v) is 5.25. The molecule has 2 heterocycles. The highest BCUT2D eigenvalue weighted by molar-refractivity contribution is 7.10. The smallest absolute Gasteiger partial charge is 0.116 e. The molecule has 1 nitrogen and oxygen atoms in total. The summed E-state index contributed by atoms with van der Waals surface area (Å²) in [5.74, 6) is 0. The number of alkyl halides is 1. The minimum Gasteiger partial charge on any atom is -0.293 e. The molecule has 1 fully saturated rings. The van der Waals surface area contributed by atoms with Crippen molar-refractivity contribution >= 4 is 11.3 Å². The average molecular weight is 211 g/mol. The van der Waals surface area contributed by atoms with Crippen LogP contribution in [0.2, 0.25) is 0 Å². The molecule has 0 N–H and O–H groups in total. The van der Waals surface area contributed by atoms with E-state index in [2.05, 4.69) is 16.3 Å². The van der Waals surface area contributed by atoms with Crippen LogP contribution in [0.25, 0.3) is 0 Å².